The minimum Gasteiger partial charge on any atom is -0.504 e. The van der Waals surface area contributed by atoms with E-state index in [0.29, 0.717) is 0 Å². The van der Waals surface area contributed by atoms with Gasteiger partial charge in [0.2, 0.25) is 11.5 Å². The van der Waals surface area contributed by atoms with Gasteiger partial charge in [0.05, 0.1) is 0 Å². The molecule has 2 amide bonds. The van der Waals surface area contributed by atoms with Crippen molar-refractivity contribution >= 4 is 24.0 Å². The molecule has 8 N–H and O–H groups in total. The van der Waals surface area contributed by atoms with Gasteiger partial charge in [0.1, 0.15) is 23.3 Å². The second kappa shape index (κ2) is 11.5. The Balaban J connectivity index is 1.92. The van der Waals surface area contributed by atoms with E-state index in [1.54, 1.807) is 12.1 Å². The molecule has 0 atom stereocenters. The number of rotatable bonds is 8. The zero-order chi connectivity index (χ0) is 26.1. The Hall–Kier alpha value is -5.36. The summed E-state index contributed by atoms with van der Waals surface area (Å²) in [7, 11) is 0. The summed E-state index contributed by atoms with van der Waals surface area (Å²) in [6, 6.07) is 7.86. The van der Waals surface area contributed by atoms with Crippen LogP contribution >= 0.6 is 0 Å². The van der Waals surface area contributed by atoms with Crippen molar-refractivity contribution < 1.29 is 40.2 Å². The van der Waals surface area contributed by atoms with Crippen molar-refractivity contribution in [3.05, 3.63) is 46.5 Å². The first-order valence-electron chi connectivity index (χ1n) is 9.88. The molecule has 0 fully saturated rings. The predicted octanol–water partition coefficient (Wildman–Crippen LogP) is 1.06. The fraction of sp³-hybridized carbons (Fsp3) is 0.130. The van der Waals surface area contributed by atoms with Crippen LogP contribution in [0.4, 0.5) is 0 Å². The van der Waals surface area contributed by atoms with Gasteiger partial charge in [-0.2, -0.15) is 10.5 Å². The number of carbonyl (C=O) groups is 2. The monoisotopic (exact) mass is 480 g/mol. The third-order valence-electron chi connectivity index (χ3n) is 4.58. The Labute approximate surface area is 198 Å². The number of hydrogen-bond acceptors (Lipinski definition) is 10. The lowest BCUT2D eigenvalue weighted by Crippen LogP contribution is -2.30. The van der Waals surface area contributed by atoms with Gasteiger partial charge in [-0.25, -0.2) is 0 Å². The van der Waals surface area contributed by atoms with Gasteiger partial charge in [0, 0.05) is 24.2 Å². The Morgan fingerprint density at radius 3 is 1.40 bits per heavy atom. The quantitative estimate of drug-likeness (QED) is 0.116. The van der Waals surface area contributed by atoms with Gasteiger partial charge in [-0.15, -0.1) is 0 Å². The molecule has 0 unspecified atom stereocenters. The second-order valence-electron chi connectivity index (χ2n) is 6.95. The Bertz CT molecular complexity index is 1200. The van der Waals surface area contributed by atoms with Gasteiger partial charge < -0.3 is 41.3 Å². The number of nitriles is 2. The van der Waals surface area contributed by atoms with Gasteiger partial charge in [0.15, 0.2) is 23.0 Å². The Kier molecular flexibility index (Phi) is 8.50. The predicted molar refractivity (Wildman–Crippen MR) is 121 cm³/mol. The molecule has 2 aromatic rings. The first-order valence-corrected chi connectivity index (χ1v) is 9.88. The van der Waals surface area contributed by atoms with Gasteiger partial charge in [-0.3, -0.25) is 9.59 Å². The highest BCUT2D eigenvalue weighted by Gasteiger charge is 2.15. The van der Waals surface area contributed by atoms with Crippen LogP contribution < -0.4 is 10.6 Å². The Morgan fingerprint density at radius 1 is 0.686 bits per heavy atom. The topological polar surface area (TPSA) is 227 Å². The highest BCUT2D eigenvalue weighted by molar-refractivity contribution is 6.02. The minimum atomic E-state index is -0.796. The molecule has 0 aromatic heterocycles. The summed E-state index contributed by atoms with van der Waals surface area (Å²) in [6.45, 7) is 0.0618. The number of carbonyl (C=O) groups excluding carboxylic acids is 2. The SMILES string of the molecule is N#C/C(=C\c1ccc(O)c(O)c1O)C(=O)NCCCNC(=O)/C(C#N)=C/c1ccc(O)c(O)c1O. The fourth-order valence-electron chi connectivity index (χ4n) is 2.69. The Morgan fingerprint density at radius 2 is 1.06 bits per heavy atom. The van der Waals surface area contributed by atoms with E-state index in [1.165, 1.54) is 12.1 Å². The third-order valence-corrected chi connectivity index (χ3v) is 4.58. The summed E-state index contributed by atoms with van der Waals surface area (Å²) in [5.74, 6) is -5.71. The van der Waals surface area contributed by atoms with E-state index in [1.807, 2.05) is 0 Å². The summed E-state index contributed by atoms with van der Waals surface area (Å²) >= 11 is 0. The number of benzene rings is 2. The minimum absolute atomic E-state index is 0.0309. The van der Waals surface area contributed by atoms with Crippen LogP contribution in [-0.2, 0) is 9.59 Å². The maximum absolute atomic E-state index is 12.2. The van der Waals surface area contributed by atoms with Crippen molar-refractivity contribution in [2.75, 3.05) is 13.1 Å². The summed E-state index contributed by atoms with van der Waals surface area (Å²) in [5.41, 5.74) is -0.909. The fourth-order valence-corrected chi connectivity index (χ4v) is 2.69. The zero-order valence-corrected chi connectivity index (χ0v) is 18.0. The highest BCUT2D eigenvalue weighted by atomic mass is 16.3. The van der Waals surface area contributed by atoms with Crippen LogP contribution in [0.3, 0.4) is 0 Å². The van der Waals surface area contributed by atoms with Crippen molar-refractivity contribution in [1.82, 2.24) is 10.6 Å². The first kappa shape index (κ1) is 25.9. The smallest absolute Gasteiger partial charge is 0.261 e. The first-order chi connectivity index (χ1) is 16.6. The molecule has 0 heterocycles. The standard InChI is InChI=1S/C23H20N4O8/c24-10-14(8-12-2-4-16(28)20(32)18(12)30)22(34)26-6-1-7-27-23(35)15(11-25)9-13-3-5-17(29)21(33)19(13)31/h2-5,8-9,28-33H,1,6-7H2,(H,26,34)(H,27,35)/b14-8+,15-9+. The summed E-state index contributed by atoms with van der Waals surface area (Å²) < 4.78 is 0. The molecule has 0 aliphatic carbocycles. The van der Waals surface area contributed by atoms with Gasteiger partial charge in [0.25, 0.3) is 11.8 Å². The molecule has 0 saturated carbocycles. The van der Waals surface area contributed by atoms with E-state index in [0.717, 1.165) is 24.3 Å². The molecule has 0 radical (unpaired) electrons. The summed E-state index contributed by atoms with van der Waals surface area (Å²) in [6.07, 6.45) is 2.25. The van der Waals surface area contributed by atoms with Gasteiger partial charge in [-0.05, 0) is 42.8 Å². The van der Waals surface area contributed by atoms with Crippen LogP contribution in [0.25, 0.3) is 12.2 Å². The maximum atomic E-state index is 12.2. The van der Waals surface area contributed by atoms with Crippen molar-refractivity contribution in [2.24, 2.45) is 0 Å². The largest absolute Gasteiger partial charge is 0.504 e. The molecule has 12 nitrogen and oxygen atoms in total. The number of phenolic OH excluding ortho intramolecular Hbond substituents is 6. The van der Waals surface area contributed by atoms with E-state index in [9.17, 15) is 50.8 Å². The molecular formula is C23H20N4O8. The molecule has 0 saturated heterocycles. The van der Waals surface area contributed by atoms with Crippen molar-refractivity contribution in [1.29, 1.82) is 10.5 Å². The molecule has 0 spiro atoms. The number of nitrogens with one attached hydrogen (secondary N) is 2. The number of nitrogens with zero attached hydrogens (tertiary/aromatic N) is 2. The normalized spacial score (nSPS) is 11.3. The van der Waals surface area contributed by atoms with Gasteiger partial charge >= 0.3 is 0 Å². The van der Waals surface area contributed by atoms with Crippen LogP contribution in [0.1, 0.15) is 17.5 Å². The number of aromatic hydroxyl groups is 6. The lowest BCUT2D eigenvalue weighted by Gasteiger charge is -2.08. The zero-order valence-electron chi connectivity index (χ0n) is 18.0. The van der Waals surface area contributed by atoms with E-state index in [2.05, 4.69) is 10.6 Å². The molecule has 0 aliphatic rings. The molecule has 0 aliphatic heterocycles. The van der Waals surface area contributed by atoms with E-state index < -0.39 is 46.3 Å². The summed E-state index contributed by atoms with van der Waals surface area (Å²) in [5, 5.41) is 80.6. The molecule has 0 bridgehead atoms. The average Bonchev–Trinajstić information content (AvgIpc) is 2.84. The molecule has 2 rings (SSSR count). The van der Waals surface area contributed by atoms with Crippen LogP contribution in [0.15, 0.2) is 35.4 Å². The number of amides is 2. The van der Waals surface area contributed by atoms with E-state index in [-0.39, 0.29) is 41.8 Å². The molecule has 2 aromatic carbocycles. The second-order valence-corrected chi connectivity index (χ2v) is 6.95. The third kappa shape index (κ3) is 6.34. The molecule has 12 heteroatoms. The summed E-state index contributed by atoms with van der Waals surface area (Å²) in [4.78, 5) is 24.4. The van der Waals surface area contributed by atoms with Crippen LogP contribution in [0, 0.1) is 22.7 Å². The molecule has 35 heavy (non-hydrogen) atoms. The lowest BCUT2D eigenvalue weighted by atomic mass is 10.1. The van der Waals surface area contributed by atoms with Crippen LogP contribution in [0.2, 0.25) is 0 Å². The van der Waals surface area contributed by atoms with Crippen molar-refractivity contribution in [3.8, 4) is 46.6 Å². The van der Waals surface area contributed by atoms with Crippen LogP contribution in [0.5, 0.6) is 34.5 Å². The van der Waals surface area contributed by atoms with Crippen LogP contribution in [-0.4, -0.2) is 55.5 Å². The maximum Gasteiger partial charge on any atom is 0.261 e. The highest BCUT2D eigenvalue weighted by Crippen LogP contribution is 2.38. The van der Waals surface area contributed by atoms with Crippen molar-refractivity contribution in [2.45, 2.75) is 6.42 Å². The molecule has 180 valence electrons. The van der Waals surface area contributed by atoms with E-state index >= 15 is 0 Å². The van der Waals surface area contributed by atoms with E-state index in [4.69, 9.17) is 0 Å². The number of hydrogen-bond donors (Lipinski definition) is 8. The number of phenols is 6. The van der Waals surface area contributed by atoms with Crippen molar-refractivity contribution in [3.63, 3.8) is 0 Å². The average molecular weight is 480 g/mol. The lowest BCUT2D eigenvalue weighted by molar-refractivity contribution is -0.117. The van der Waals surface area contributed by atoms with Gasteiger partial charge in [-0.1, -0.05) is 0 Å². The molecular weight excluding hydrogens is 460 g/mol.